The Morgan fingerprint density at radius 3 is 2.55 bits per heavy atom. The fourth-order valence-corrected chi connectivity index (χ4v) is 3.00. The van der Waals surface area contributed by atoms with Gasteiger partial charge in [-0.15, -0.1) is 5.10 Å². The number of hydrazone groups is 1. The van der Waals surface area contributed by atoms with Gasteiger partial charge in [0.15, 0.2) is 5.69 Å². The maximum atomic E-state index is 13.1. The fourth-order valence-electron chi connectivity index (χ4n) is 3.00. The number of ether oxygens (including phenoxy) is 1. The fraction of sp³-hybridized carbons (Fsp3) is 0.143. The van der Waals surface area contributed by atoms with Gasteiger partial charge in [0.1, 0.15) is 17.3 Å². The third-order valence-electron chi connectivity index (χ3n) is 4.61. The van der Waals surface area contributed by atoms with E-state index in [1.54, 1.807) is 43.3 Å². The normalized spacial score (nSPS) is 11.4. The summed E-state index contributed by atoms with van der Waals surface area (Å²) >= 11 is 0. The zero-order chi connectivity index (χ0) is 23.4. The molecule has 0 fully saturated rings. The molecule has 2 heterocycles. The van der Waals surface area contributed by atoms with Crippen LogP contribution in [0.25, 0.3) is 17.1 Å². The molecule has 0 aliphatic rings. The maximum absolute atomic E-state index is 13.1. The molecular weight excluding hydrogens is 431 g/mol. The van der Waals surface area contributed by atoms with Crippen LogP contribution >= 0.6 is 0 Å². The maximum Gasteiger partial charge on any atom is 0.294 e. The van der Waals surface area contributed by atoms with Crippen LogP contribution < -0.4 is 15.9 Å². The van der Waals surface area contributed by atoms with Gasteiger partial charge in [-0.25, -0.2) is 14.4 Å². The lowest BCUT2D eigenvalue weighted by Gasteiger charge is -2.08. The Bertz CT molecular complexity index is 1300. The lowest BCUT2D eigenvalue weighted by molar-refractivity contribution is 0.0950. The van der Waals surface area contributed by atoms with E-state index in [0.29, 0.717) is 34.9 Å². The number of benzene rings is 2. The molecule has 0 spiro atoms. The minimum absolute atomic E-state index is 0.0239. The molecular formula is C21H19FN8O3. The van der Waals surface area contributed by atoms with Crippen molar-refractivity contribution in [1.82, 2.24) is 30.7 Å². The Balaban J connectivity index is 1.69. The van der Waals surface area contributed by atoms with Gasteiger partial charge in [-0.3, -0.25) is 4.79 Å². The largest absolute Gasteiger partial charge is 0.494 e. The first-order chi connectivity index (χ1) is 16.0. The standard InChI is InChI=1S/C21H19FN8O3/c1-3-32-16-10-6-14(7-11-16)18-17(25-29-30(18)20-19(23)27-33-28-20)21(31)26-24-12(2)13-4-8-15(22)9-5-13/h4-11H,3H2,1-2H3,(H2,23,27)(H,26,31)/b24-12+. The first-order valence-corrected chi connectivity index (χ1v) is 9.85. The van der Waals surface area contributed by atoms with E-state index in [2.05, 4.69) is 35.8 Å². The lowest BCUT2D eigenvalue weighted by atomic mass is 10.1. The van der Waals surface area contributed by atoms with Gasteiger partial charge in [0, 0.05) is 5.56 Å². The van der Waals surface area contributed by atoms with Crippen molar-refractivity contribution in [2.45, 2.75) is 13.8 Å². The molecule has 12 heteroatoms. The van der Waals surface area contributed by atoms with Crippen LogP contribution in [0, 0.1) is 5.82 Å². The van der Waals surface area contributed by atoms with E-state index in [4.69, 9.17) is 10.5 Å². The summed E-state index contributed by atoms with van der Waals surface area (Å²) in [5.41, 5.74) is 10.3. The molecule has 2 aromatic heterocycles. The molecule has 0 saturated carbocycles. The number of carbonyl (C=O) groups is 1. The van der Waals surface area contributed by atoms with Crippen LogP contribution in [-0.4, -0.2) is 43.5 Å². The Morgan fingerprint density at radius 2 is 1.91 bits per heavy atom. The Labute approximate surface area is 187 Å². The molecule has 4 aromatic rings. The van der Waals surface area contributed by atoms with Gasteiger partial charge in [-0.05, 0) is 66.1 Å². The quantitative estimate of drug-likeness (QED) is 0.323. The summed E-state index contributed by atoms with van der Waals surface area (Å²) < 4.78 is 24.5. The molecule has 2 aromatic carbocycles. The van der Waals surface area contributed by atoms with E-state index in [9.17, 15) is 9.18 Å². The Kier molecular flexibility index (Phi) is 6.06. The van der Waals surface area contributed by atoms with Crippen LogP contribution in [0.2, 0.25) is 0 Å². The highest BCUT2D eigenvalue weighted by Gasteiger charge is 2.25. The number of hydrogen-bond acceptors (Lipinski definition) is 9. The lowest BCUT2D eigenvalue weighted by Crippen LogP contribution is -2.21. The molecule has 0 aliphatic carbocycles. The molecule has 0 unspecified atom stereocenters. The summed E-state index contributed by atoms with van der Waals surface area (Å²) in [7, 11) is 0. The molecule has 33 heavy (non-hydrogen) atoms. The number of aromatic nitrogens is 5. The molecule has 1 amide bonds. The monoisotopic (exact) mass is 450 g/mol. The minimum Gasteiger partial charge on any atom is -0.494 e. The van der Waals surface area contributed by atoms with Crippen molar-refractivity contribution in [2.75, 3.05) is 12.3 Å². The van der Waals surface area contributed by atoms with E-state index >= 15 is 0 Å². The summed E-state index contributed by atoms with van der Waals surface area (Å²) in [6.07, 6.45) is 0. The van der Waals surface area contributed by atoms with E-state index < -0.39 is 5.91 Å². The van der Waals surface area contributed by atoms with Gasteiger partial charge in [0.25, 0.3) is 5.91 Å². The van der Waals surface area contributed by atoms with E-state index in [0.717, 1.165) is 0 Å². The molecule has 0 radical (unpaired) electrons. The number of halogens is 1. The second-order valence-corrected chi connectivity index (χ2v) is 6.77. The van der Waals surface area contributed by atoms with Gasteiger partial charge >= 0.3 is 0 Å². The highest BCUT2D eigenvalue weighted by Crippen LogP contribution is 2.28. The third-order valence-corrected chi connectivity index (χ3v) is 4.61. The third kappa shape index (κ3) is 4.54. The molecule has 168 valence electrons. The van der Waals surface area contributed by atoms with Crippen LogP contribution in [0.1, 0.15) is 29.9 Å². The number of nitrogens with two attached hydrogens (primary N) is 1. The van der Waals surface area contributed by atoms with Gasteiger partial charge < -0.3 is 10.5 Å². The van der Waals surface area contributed by atoms with E-state index in [1.165, 1.54) is 16.8 Å². The van der Waals surface area contributed by atoms with Crippen LogP contribution in [0.15, 0.2) is 58.3 Å². The highest BCUT2D eigenvalue weighted by atomic mass is 19.1. The first-order valence-electron chi connectivity index (χ1n) is 9.85. The van der Waals surface area contributed by atoms with Gasteiger partial charge in [0.2, 0.25) is 11.6 Å². The number of rotatable bonds is 7. The van der Waals surface area contributed by atoms with Crippen molar-refractivity contribution in [2.24, 2.45) is 5.10 Å². The Morgan fingerprint density at radius 1 is 1.18 bits per heavy atom. The molecule has 0 aliphatic heterocycles. The van der Waals surface area contributed by atoms with Crippen LogP contribution in [0.4, 0.5) is 10.2 Å². The predicted octanol–water partition coefficient (Wildman–Crippen LogP) is 2.59. The molecule has 0 saturated heterocycles. The smallest absolute Gasteiger partial charge is 0.294 e. The summed E-state index contributed by atoms with van der Waals surface area (Å²) in [5, 5.41) is 19.4. The topological polar surface area (TPSA) is 146 Å². The summed E-state index contributed by atoms with van der Waals surface area (Å²) in [4.78, 5) is 13.0. The molecule has 4 rings (SSSR count). The van der Waals surface area contributed by atoms with Gasteiger partial charge in [-0.1, -0.05) is 17.3 Å². The SMILES string of the molecule is CCOc1ccc(-c2c(C(=O)N/N=C(\C)c3ccc(F)cc3)nnn2-c2nonc2N)cc1. The van der Waals surface area contributed by atoms with Crippen molar-refractivity contribution in [3.63, 3.8) is 0 Å². The van der Waals surface area contributed by atoms with Crippen molar-refractivity contribution in [3.8, 4) is 22.8 Å². The second-order valence-electron chi connectivity index (χ2n) is 6.77. The van der Waals surface area contributed by atoms with E-state index in [1.807, 2.05) is 6.92 Å². The number of carbonyl (C=O) groups excluding carboxylic acids is 1. The van der Waals surface area contributed by atoms with Gasteiger partial charge in [0.05, 0.1) is 12.3 Å². The van der Waals surface area contributed by atoms with Crippen LogP contribution in [0.3, 0.4) is 0 Å². The number of nitrogens with zero attached hydrogens (tertiary/aromatic N) is 6. The first kappa shape index (κ1) is 21.6. The number of nitrogen functional groups attached to an aromatic ring is 1. The molecule has 0 bridgehead atoms. The van der Waals surface area contributed by atoms with E-state index in [-0.39, 0.29) is 23.1 Å². The Hall–Kier alpha value is -4.61. The zero-order valence-electron chi connectivity index (χ0n) is 17.7. The minimum atomic E-state index is -0.623. The van der Waals surface area contributed by atoms with Crippen molar-refractivity contribution >= 4 is 17.4 Å². The van der Waals surface area contributed by atoms with Crippen molar-refractivity contribution in [1.29, 1.82) is 0 Å². The second kappa shape index (κ2) is 9.26. The molecule has 3 N–H and O–H groups in total. The molecule has 11 nitrogen and oxygen atoms in total. The molecule has 0 atom stereocenters. The number of amides is 1. The zero-order valence-corrected chi connectivity index (χ0v) is 17.7. The number of hydrogen-bond donors (Lipinski definition) is 2. The van der Waals surface area contributed by atoms with Crippen LogP contribution in [0.5, 0.6) is 5.75 Å². The van der Waals surface area contributed by atoms with Crippen molar-refractivity contribution in [3.05, 3.63) is 65.6 Å². The average molecular weight is 450 g/mol. The number of anilines is 1. The summed E-state index contributed by atoms with van der Waals surface area (Å²) in [6.45, 7) is 4.07. The summed E-state index contributed by atoms with van der Waals surface area (Å²) in [5.74, 6) is -0.274. The highest BCUT2D eigenvalue weighted by molar-refractivity contribution is 6.02. The predicted molar refractivity (Wildman–Crippen MR) is 116 cm³/mol. The summed E-state index contributed by atoms with van der Waals surface area (Å²) in [6, 6.07) is 12.7. The van der Waals surface area contributed by atoms with Gasteiger partial charge in [-0.2, -0.15) is 9.78 Å². The number of nitrogens with one attached hydrogen (secondary N) is 1. The van der Waals surface area contributed by atoms with Crippen molar-refractivity contribution < 1.29 is 18.6 Å². The van der Waals surface area contributed by atoms with Crippen LogP contribution in [-0.2, 0) is 0 Å². The average Bonchev–Trinajstić information content (AvgIpc) is 3.44.